The third kappa shape index (κ3) is 2.53. The first-order valence-electron chi connectivity index (χ1n) is 5.81. The Morgan fingerprint density at radius 3 is 2.94 bits per heavy atom. The van der Waals surface area contributed by atoms with E-state index >= 15 is 0 Å². The molecule has 0 amide bonds. The molecule has 0 radical (unpaired) electrons. The van der Waals surface area contributed by atoms with Crippen LogP contribution in [0.4, 0.5) is 10.1 Å². The van der Waals surface area contributed by atoms with Crippen molar-refractivity contribution in [3.05, 3.63) is 30.1 Å². The Morgan fingerprint density at radius 2 is 2.31 bits per heavy atom. The molecule has 88 valence electrons. The van der Waals surface area contributed by atoms with Gasteiger partial charge in [-0.15, -0.1) is 0 Å². The highest BCUT2D eigenvalue weighted by Gasteiger charge is 2.29. The largest absolute Gasteiger partial charge is 0.373 e. The molecule has 1 N–H and O–H groups in total. The first-order valence-corrected chi connectivity index (χ1v) is 5.81. The van der Waals surface area contributed by atoms with E-state index in [1.165, 1.54) is 18.9 Å². The lowest BCUT2D eigenvalue weighted by atomic mass is 9.99. The van der Waals surface area contributed by atoms with Crippen LogP contribution in [0, 0.1) is 5.82 Å². The maximum absolute atomic E-state index is 13.1. The van der Waals surface area contributed by atoms with Crippen molar-refractivity contribution in [2.24, 2.45) is 0 Å². The summed E-state index contributed by atoms with van der Waals surface area (Å²) in [5.41, 5.74) is 1.11. The molecule has 1 heterocycles. The summed E-state index contributed by atoms with van der Waals surface area (Å²) >= 11 is 0. The Morgan fingerprint density at radius 1 is 1.50 bits per heavy atom. The molecule has 1 aliphatic heterocycles. The van der Waals surface area contributed by atoms with Crippen molar-refractivity contribution >= 4 is 5.69 Å². The summed E-state index contributed by atoms with van der Waals surface area (Å²) in [6, 6.07) is 6.76. The molecule has 1 unspecified atom stereocenters. The van der Waals surface area contributed by atoms with E-state index in [9.17, 15) is 4.39 Å². The van der Waals surface area contributed by atoms with Crippen molar-refractivity contribution in [3.63, 3.8) is 0 Å². The molecule has 1 aliphatic rings. The van der Waals surface area contributed by atoms with E-state index < -0.39 is 0 Å². The van der Waals surface area contributed by atoms with Crippen molar-refractivity contribution in [3.8, 4) is 0 Å². The van der Waals surface area contributed by atoms with Gasteiger partial charge in [0.15, 0.2) is 0 Å². The maximum Gasteiger partial charge on any atom is 0.125 e. The zero-order valence-corrected chi connectivity index (χ0v) is 9.96. The molecule has 0 spiro atoms. The molecule has 2 nitrogen and oxygen atoms in total. The summed E-state index contributed by atoms with van der Waals surface area (Å²) in [6.45, 7) is 4.24. The van der Waals surface area contributed by atoms with Gasteiger partial charge in [-0.3, -0.25) is 0 Å². The van der Waals surface area contributed by atoms with Gasteiger partial charge in [-0.2, -0.15) is 0 Å². The molecule has 2 rings (SSSR count). The number of rotatable bonds is 3. The van der Waals surface area contributed by atoms with Crippen LogP contribution in [0.25, 0.3) is 0 Å². The Bertz CT molecular complexity index is 359. The first kappa shape index (κ1) is 11.4. The molecule has 0 bridgehead atoms. The van der Waals surface area contributed by atoms with Crippen LogP contribution in [0.1, 0.15) is 19.8 Å². The second-order valence-electron chi connectivity index (χ2n) is 4.93. The van der Waals surface area contributed by atoms with Crippen LogP contribution >= 0.6 is 0 Å². The van der Waals surface area contributed by atoms with Gasteiger partial charge in [-0.25, -0.2) is 4.39 Å². The smallest absolute Gasteiger partial charge is 0.125 e. The van der Waals surface area contributed by atoms with Gasteiger partial charge < -0.3 is 10.2 Å². The average Bonchev–Trinajstić information content (AvgIpc) is 2.65. The summed E-state index contributed by atoms with van der Waals surface area (Å²) in [7, 11) is 2.01. The molecule has 3 heteroatoms. The van der Waals surface area contributed by atoms with Gasteiger partial charge in [0.2, 0.25) is 0 Å². The van der Waals surface area contributed by atoms with Gasteiger partial charge in [0.25, 0.3) is 0 Å². The van der Waals surface area contributed by atoms with E-state index in [0.717, 1.165) is 18.8 Å². The van der Waals surface area contributed by atoms with Crippen molar-refractivity contribution in [1.82, 2.24) is 5.32 Å². The fourth-order valence-electron chi connectivity index (χ4n) is 2.42. The Labute approximate surface area is 96.5 Å². The van der Waals surface area contributed by atoms with E-state index in [-0.39, 0.29) is 11.4 Å². The molecule has 1 saturated heterocycles. The lowest BCUT2D eigenvalue weighted by molar-refractivity contribution is 0.419. The zero-order valence-electron chi connectivity index (χ0n) is 9.96. The summed E-state index contributed by atoms with van der Waals surface area (Å²) in [5.74, 6) is -0.172. The number of hydrogen-bond donors (Lipinski definition) is 1. The molecule has 1 aromatic carbocycles. The van der Waals surface area contributed by atoms with Crippen LogP contribution in [-0.4, -0.2) is 25.7 Å². The van der Waals surface area contributed by atoms with Crippen LogP contribution in [0.15, 0.2) is 24.3 Å². The number of nitrogens with one attached hydrogen (secondary N) is 1. The highest BCUT2D eigenvalue weighted by molar-refractivity contribution is 5.46. The van der Waals surface area contributed by atoms with Crippen LogP contribution in [0.2, 0.25) is 0 Å². The van der Waals surface area contributed by atoms with Gasteiger partial charge >= 0.3 is 0 Å². The Balaban J connectivity index is 2.05. The molecule has 0 saturated carbocycles. The summed E-state index contributed by atoms with van der Waals surface area (Å²) in [6.07, 6.45) is 2.42. The van der Waals surface area contributed by atoms with E-state index in [4.69, 9.17) is 0 Å². The average molecular weight is 222 g/mol. The number of nitrogens with zero attached hydrogens (tertiary/aromatic N) is 1. The lowest BCUT2D eigenvalue weighted by Crippen LogP contribution is -2.46. The highest BCUT2D eigenvalue weighted by atomic mass is 19.1. The molecule has 0 aromatic heterocycles. The molecule has 1 fully saturated rings. The second-order valence-corrected chi connectivity index (χ2v) is 4.93. The number of hydrogen-bond acceptors (Lipinski definition) is 2. The van der Waals surface area contributed by atoms with E-state index in [1.54, 1.807) is 12.1 Å². The fourth-order valence-corrected chi connectivity index (χ4v) is 2.42. The molecule has 0 aliphatic carbocycles. The number of anilines is 1. The van der Waals surface area contributed by atoms with Crippen molar-refractivity contribution < 1.29 is 4.39 Å². The number of halogens is 1. The van der Waals surface area contributed by atoms with Crippen LogP contribution in [-0.2, 0) is 0 Å². The Kier molecular flexibility index (Phi) is 3.15. The summed E-state index contributed by atoms with van der Waals surface area (Å²) in [5, 5.41) is 3.51. The fraction of sp³-hybridized carbons (Fsp3) is 0.538. The van der Waals surface area contributed by atoms with Gasteiger partial charge in [-0.1, -0.05) is 6.07 Å². The minimum atomic E-state index is -0.172. The zero-order chi connectivity index (χ0) is 11.6. The van der Waals surface area contributed by atoms with E-state index in [1.807, 2.05) is 13.1 Å². The van der Waals surface area contributed by atoms with Gasteiger partial charge in [-0.05, 0) is 44.5 Å². The first-order chi connectivity index (χ1) is 7.59. The quantitative estimate of drug-likeness (QED) is 0.845. The van der Waals surface area contributed by atoms with Gasteiger partial charge in [0, 0.05) is 24.8 Å². The van der Waals surface area contributed by atoms with Gasteiger partial charge in [0.05, 0.1) is 0 Å². The normalized spacial score (nSPS) is 24.7. The molecular weight excluding hydrogens is 203 g/mol. The minimum absolute atomic E-state index is 0.168. The monoisotopic (exact) mass is 222 g/mol. The third-order valence-electron chi connectivity index (χ3n) is 3.29. The molecular formula is C13H19FN2. The topological polar surface area (TPSA) is 15.3 Å². The standard InChI is InChI=1S/C13H19FN2/c1-13(7-4-8-15-13)10-16(2)12-6-3-5-11(14)9-12/h3,5-6,9,15H,4,7-8,10H2,1-2H3. The molecule has 1 atom stereocenters. The highest BCUT2D eigenvalue weighted by Crippen LogP contribution is 2.22. The second kappa shape index (κ2) is 4.42. The van der Waals surface area contributed by atoms with Crippen LogP contribution < -0.4 is 10.2 Å². The minimum Gasteiger partial charge on any atom is -0.373 e. The predicted molar refractivity (Wildman–Crippen MR) is 65.3 cm³/mol. The Hall–Kier alpha value is -1.09. The van der Waals surface area contributed by atoms with Gasteiger partial charge in [0.1, 0.15) is 5.82 Å². The summed E-state index contributed by atoms with van der Waals surface area (Å²) < 4.78 is 13.1. The van der Waals surface area contributed by atoms with Crippen LogP contribution in [0.3, 0.4) is 0 Å². The lowest BCUT2D eigenvalue weighted by Gasteiger charge is -2.31. The summed E-state index contributed by atoms with van der Waals surface area (Å²) in [4.78, 5) is 2.11. The SMILES string of the molecule is CN(CC1(C)CCCN1)c1cccc(F)c1. The van der Waals surface area contributed by atoms with Crippen LogP contribution in [0.5, 0.6) is 0 Å². The van der Waals surface area contributed by atoms with E-state index in [2.05, 4.69) is 17.1 Å². The molecule has 1 aromatic rings. The van der Waals surface area contributed by atoms with Crippen molar-refractivity contribution in [2.45, 2.75) is 25.3 Å². The van der Waals surface area contributed by atoms with Crippen molar-refractivity contribution in [1.29, 1.82) is 0 Å². The third-order valence-corrected chi connectivity index (χ3v) is 3.29. The number of likely N-dealkylation sites (N-methyl/N-ethyl adjacent to an activating group) is 1. The number of benzene rings is 1. The maximum atomic E-state index is 13.1. The molecule has 16 heavy (non-hydrogen) atoms. The van der Waals surface area contributed by atoms with E-state index in [0.29, 0.717) is 0 Å². The van der Waals surface area contributed by atoms with Crippen molar-refractivity contribution in [2.75, 3.05) is 25.0 Å². The predicted octanol–water partition coefficient (Wildman–Crippen LogP) is 2.40.